The van der Waals surface area contributed by atoms with Gasteiger partial charge in [-0.15, -0.1) is 0 Å². The number of nitrogens with zero attached hydrogens (tertiary/aromatic N) is 1. The van der Waals surface area contributed by atoms with Gasteiger partial charge in [0.05, 0.1) is 0 Å². The Bertz CT molecular complexity index is 541. The molecule has 0 unspecified atom stereocenters. The fraction of sp³-hybridized carbons (Fsp3) is 0.500. The fourth-order valence-corrected chi connectivity index (χ4v) is 3.38. The molecule has 0 radical (unpaired) electrons. The molecular weight excluding hydrogens is 255 g/mol. The van der Waals surface area contributed by atoms with Crippen molar-refractivity contribution in [1.29, 1.82) is 0 Å². The van der Waals surface area contributed by atoms with Crippen LogP contribution in [0.1, 0.15) is 18.4 Å². The van der Waals surface area contributed by atoms with Crippen LogP contribution in [0.15, 0.2) is 23.1 Å². The summed E-state index contributed by atoms with van der Waals surface area (Å²) in [6.45, 7) is 0.510. The van der Waals surface area contributed by atoms with Crippen molar-refractivity contribution < 1.29 is 12.8 Å². The first-order valence-corrected chi connectivity index (χ1v) is 7.32. The number of nitrogens with one attached hydrogen (secondary N) is 1. The van der Waals surface area contributed by atoms with E-state index in [2.05, 4.69) is 5.32 Å². The summed E-state index contributed by atoms with van der Waals surface area (Å²) in [5.41, 5.74) is 0.752. The highest BCUT2D eigenvalue weighted by atomic mass is 32.2. The zero-order valence-electron chi connectivity index (χ0n) is 10.5. The molecule has 1 aromatic rings. The molecule has 0 saturated heterocycles. The van der Waals surface area contributed by atoms with Gasteiger partial charge in [-0.1, -0.05) is 6.07 Å². The van der Waals surface area contributed by atoms with E-state index in [1.807, 2.05) is 0 Å². The van der Waals surface area contributed by atoms with E-state index >= 15 is 0 Å². The number of rotatable bonds is 5. The smallest absolute Gasteiger partial charge is 0.245 e. The van der Waals surface area contributed by atoms with Crippen LogP contribution >= 0.6 is 0 Å². The number of hydrogen-bond acceptors (Lipinski definition) is 3. The SMILES string of the molecule is CNCc1ccc(F)c(S(=O)(=O)N(C)C2CC2)c1. The number of hydrogen-bond donors (Lipinski definition) is 1. The Morgan fingerprint density at radius 1 is 1.44 bits per heavy atom. The highest BCUT2D eigenvalue weighted by Gasteiger charge is 2.36. The molecule has 2 rings (SSSR count). The zero-order valence-corrected chi connectivity index (χ0v) is 11.3. The summed E-state index contributed by atoms with van der Waals surface area (Å²) in [7, 11) is -0.448. The molecule has 0 aliphatic heterocycles. The van der Waals surface area contributed by atoms with E-state index in [4.69, 9.17) is 0 Å². The van der Waals surface area contributed by atoms with Gasteiger partial charge >= 0.3 is 0 Å². The largest absolute Gasteiger partial charge is 0.316 e. The predicted octanol–water partition coefficient (Wildman–Crippen LogP) is 1.33. The second-order valence-electron chi connectivity index (χ2n) is 4.55. The molecule has 0 amide bonds. The molecular formula is C12H17FN2O2S. The summed E-state index contributed by atoms with van der Waals surface area (Å²) < 4.78 is 39.5. The van der Waals surface area contributed by atoms with Gasteiger partial charge in [-0.3, -0.25) is 0 Å². The summed E-state index contributed by atoms with van der Waals surface area (Å²) in [6, 6.07) is 4.23. The van der Waals surface area contributed by atoms with Crippen LogP contribution in [0.5, 0.6) is 0 Å². The van der Waals surface area contributed by atoms with E-state index in [1.54, 1.807) is 13.1 Å². The molecule has 0 heterocycles. The van der Waals surface area contributed by atoms with Crippen LogP contribution in [0.2, 0.25) is 0 Å². The minimum absolute atomic E-state index is 0.0300. The van der Waals surface area contributed by atoms with E-state index in [0.717, 1.165) is 18.4 Å². The summed E-state index contributed by atoms with van der Waals surface area (Å²) >= 11 is 0. The van der Waals surface area contributed by atoms with Crippen LogP contribution in [0.4, 0.5) is 4.39 Å². The Hall–Kier alpha value is -0.980. The van der Waals surface area contributed by atoms with Gasteiger partial charge in [-0.05, 0) is 37.6 Å². The Labute approximate surface area is 107 Å². The molecule has 4 nitrogen and oxygen atoms in total. The average molecular weight is 272 g/mol. The van der Waals surface area contributed by atoms with Gasteiger partial charge in [0.25, 0.3) is 0 Å². The van der Waals surface area contributed by atoms with E-state index in [9.17, 15) is 12.8 Å². The fourth-order valence-electron chi connectivity index (χ4n) is 1.85. The van der Waals surface area contributed by atoms with Gasteiger partial charge in [0.1, 0.15) is 10.7 Å². The molecule has 1 N–H and O–H groups in total. The average Bonchev–Trinajstić information content (AvgIpc) is 3.14. The molecule has 6 heteroatoms. The van der Waals surface area contributed by atoms with Crippen LogP contribution in [0.25, 0.3) is 0 Å². The lowest BCUT2D eigenvalue weighted by Crippen LogP contribution is -2.29. The van der Waals surface area contributed by atoms with Crippen molar-refractivity contribution in [3.63, 3.8) is 0 Å². The Morgan fingerprint density at radius 3 is 2.67 bits per heavy atom. The molecule has 1 aromatic carbocycles. The quantitative estimate of drug-likeness (QED) is 0.879. The van der Waals surface area contributed by atoms with Crippen LogP contribution in [-0.4, -0.2) is 32.9 Å². The number of benzene rings is 1. The van der Waals surface area contributed by atoms with Crippen molar-refractivity contribution in [2.75, 3.05) is 14.1 Å². The third-order valence-electron chi connectivity index (χ3n) is 3.09. The third kappa shape index (κ3) is 2.55. The topological polar surface area (TPSA) is 49.4 Å². The van der Waals surface area contributed by atoms with Crippen LogP contribution in [0, 0.1) is 5.82 Å². The van der Waals surface area contributed by atoms with Crippen molar-refractivity contribution in [2.24, 2.45) is 0 Å². The van der Waals surface area contributed by atoms with Crippen molar-refractivity contribution in [2.45, 2.75) is 30.3 Å². The monoisotopic (exact) mass is 272 g/mol. The Balaban J connectivity index is 2.39. The van der Waals surface area contributed by atoms with Crippen LogP contribution in [-0.2, 0) is 16.6 Å². The second kappa shape index (κ2) is 4.95. The maximum atomic E-state index is 13.7. The molecule has 18 heavy (non-hydrogen) atoms. The summed E-state index contributed by atoms with van der Waals surface area (Å²) in [6.07, 6.45) is 1.71. The summed E-state index contributed by atoms with van der Waals surface area (Å²) in [4.78, 5) is -0.232. The lowest BCUT2D eigenvalue weighted by molar-refractivity contribution is 0.457. The first-order valence-electron chi connectivity index (χ1n) is 5.88. The first-order chi connectivity index (χ1) is 8.46. The number of sulfonamides is 1. The molecule has 100 valence electrons. The number of halogens is 1. The van der Waals surface area contributed by atoms with E-state index < -0.39 is 15.8 Å². The molecule has 1 aliphatic carbocycles. The zero-order chi connectivity index (χ0) is 13.3. The Morgan fingerprint density at radius 2 is 2.11 bits per heavy atom. The molecule has 0 spiro atoms. The molecule has 0 atom stereocenters. The van der Waals surface area contributed by atoms with E-state index in [0.29, 0.717) is 6.54 Å². The van der Waals surface area contributed by atoms with Gasteiger partial charge in [0, 0.05) is 19.6 Å². The summed E-state index contributed by atoms with van der Waals surface area (Å²) in [5.74, 6) is -0.692. The van der Waals surface area contributed by atoms with E-state index in [1.165, 1.54) is 23.5 Å². The van der Waals surface area contributed by atoms with Crippen LogP contribution < -0.4 is 5.32 Å². The lowest BCUT2D eigenvalue weighted by Gasteiger charge is -2.17. The Kier molecular flexibility index (Phi) is 3.70. The van der Waals surface area contributed by atoms with Crippen LogP contribution in [0.3, 0.4) is 0 Å². The van der Waals surface area contributed by atoms with E-state index in [-0.39, 0.29) is 10.9 Å². The maximum absolute atomic E-state index is 13.7. The van der Waals surface area contributed by atoms with Gasteiger partial charge in [0.15, 0.2) is 0 Å². The minimum Gasteiger partial charge on any atom is -0.316 e. The highest BCUT2D eigenvalue weighted by Crippen LogP contribution is 2.31. The normalized spacial score (nSPS) is 16.2. The third-order valence-corrected chi connectivity index (χ3v) is 5.02. The first kappa shape index (κ1) is 13.5. The maximum Gasteiger partial charge on any atom is 0.245 e. The van der Waals surface area contributed by atoms with Crippen molar-refractivity contribution >= 4 is 10.0 Å². The minimum atomic E-state index is -3.72. The van der Waals surface area contributed by atoms with Gasteiger partial charge in [-0.2, -0.15) is 4.31 Å². The highest BCUT2D eigenvalue weighted by molar-refractivity contribution is 7.89. The second-order valence-corrected chi connectivity index (χ2v) is 6.51. The van der Waals surface area contributed by atoms with Crippen molar-refractivity contribution in [3.05, 3.63) is 29.6 Å². The van der Waals surface area contributed by atoms with Gasteiger partial charge in [-0.25, -0.2) is 12.8 Å². The predicted molar refractivity (Wildman–Crippen MR) is 67.1 cm³/mol. The van der Waals surface area contributed by atoms with Gasteiger partial charge in [0.2, 0.25) is 10.0 Å². The molecule has 1 saturated carbocycles. The standard InChI is InChI=1S/C12H17FN2O2S/c1-14-8-9-3-6-11(13)12(7-9)18(16,17)15(2)10-4-5-10/h3,6-7,10,14H,4-5,8H2,1-2H3. The molecule has 0 aromatic heterocycles. The molecule has 1 fully saturated rings. The van der Waals surface area contributed by atoms with Crippen molar-refractivity contribution in [3.8, 4) is 0 Å². The summed E-state index contributed by atoms with van der Waals surface area (Å²) in [5, 5.41) is 2.92. The molecule has 1 aliphatic rings. The lowest BCUT2D eigenvalue weighted by atomic mass is 10.2. The molecule has 0 bridgehead atoms. The van der Waals surface area contributed by atoms with Gasteiger partial charge < -0.3 is 5.32 Å². The van der Waals surface area contributed by atoms with Crippen molar-refractivity contribution in [1.82, 2.24) is 9.62 Å².